The molecule has 6 aromatic carbocycles. The molecule has 7 rings (SSSR count). The second-order valence-electron chi connectivity index (χ2n) is 18.4. The van der Waals surface area contributed by atoms with Gasteiger partial charge in [0.1, 0.15) is 50.1 Å². The van der Waals surface area contributed by atoms with E-state index in [0.717, 1.165) is 44.9 Å². The number of fused-ring (bicyclic) bond motifs is 3. The van der Waals surface area contributed by atoms with Crippen molar-refractivity contribution in [3.63, 3.8) is 0 Å². The molecule has 0 saturated heterocycles. The summed E-state index contributed by atoms with van der Waals surface area (Å²) >= 11 is 0. The number of aliphatic hydroxyl groups excluding tert-OH is 2. The Morgan fingerprint density at radius 3 is 1.13 bits per heavy atom. The van der Waals surface area contributed by atoms with Crippen molar-refractivity contribution in [1.29, 1.82) is 0 Å². The number of aliphatic hydroxyl groups is 2. The summed E-state index contributed by atoms with van der Waals surface area (Å²) in [7, 11) is 0. The summed E-state index contributed by atoms with van der Waals surface area (Å²) in [5.74, 6) is 0.353. The van der Waals surface area contributed by atoms with Crippen LogP contribution in [0, 0.1) is 0 Å². The van der Waals surface area contributed by atoms with Gasteiger partial charge in [-0.15, -0.1) is 0 Å². The fourth-order valence-electron chi connectivity index (χ4n) is 8.91. The third-order valence-corrected chi connectivity index (χ3v) is 12.5. The van der Waals surface area contributed by atoms with E-state index < -0.39 is 29.6 Å². The topological polar surface area (TPSA) is 167 Å². The fraction of sp³-hybridized carbons (Fsp3) is 0.333. The molecule has 0 spiro atoms. The molecule has 1 aliphatic rings. The van der Waals surface area contributed by atoms with Crippen molar-refractivity contribution in [2.24, 2.45) is 0 Å². The third kappa shape index (κ3) is 16.0. The van der Waals surface area contributed by atoms with Crippen LogP contribution >= 0.6 is 0 Å². The van der Waals surface area contributed by atoms with E-state index in [0.29, 0.717) is 66.1 Å². The lowest BCUT2D eigenvalue weighted by atomic mass is 9.67. The zero-order valence-electron chi connectivity index (χ0n) is 44.0. The van der Waals surface area contributed by atoms with Crippen molar-refractivity contribution in [1.82, 2.24) is 0 Å². The van der Waals surface area contributed by atoms with E-state index in [1.165, 1.54) is 22.3 Å². The predicted octanol–water partition coefficient (Wildman–Crippen LogP) is 9.20. The van der Waals surface area contributed by atoms with Gasteiger partial charge < -0.3 is 57.6 Å². The van der Waals surface area contributed by atoms with Crippen LogP contribution in [-0.2, 0) is 52.9 Å². The zero-order valence-corrected chi connectivity index (χ0v) is 44.0. The molecule has 1 aliphatic carbocycles. The maximum Gasteiger partial charge on any atom is 0.333 e. The Kier molecular flexibility index (Phi) is 22.6. The smallest absolute Gasteiger partial charge is 0.333 e. The van der Waals surface area contributed by atoms with Crippen LogP contribution in [0.15, 0.2) is 170 Å². The monoisotopic (exact) mass is 1050 g/mol. The highest BCUT2D eigenvalue weighted by molar-refractivity contribution is 5.89. The Balaban J connectivity index is 1.02. The lowest BCUT2D eigenvalue weighted by molar-refractivity contribution is -0.144. The highest BCUT2D eigenvalue weighted by atomic mass is 16.6. The van der Waals surface area contributed by atoms with Crippen LogP contribution in [0.25, 0.3) is 33.4 Å². The summed E-state index contributed by atoms with van der Waals surface area (Å²) in [6, 6.07) is 50.9. The summed E-state index contributed by atoms with van der Waals surface area (Å²) in [5.41, 5.74) is 10.6. The predicted molar refractivity (Wildman–Crippen MR) is 294 cm³/mol. The maximum absolute atomic E-state index is 11.5. The van der Waals surface area contributed by atoms with Gasteiger partial charge in [0.15, 0.2) is 0 Å². The lowest BCUT2D eigenvalue weighted by Gasteiger charge is -2.35. The first-order valence-corrected chi connectivity index (χ1v) is 25.9. The molecule has 0 amide bonds. The molecule has 2 atom stereocenters. The Hall–Kier alpha value is -6.98. The van der Waals surface area contributed by atoms with E-state index in [2.05, 4.69) is 122 Å². The lowest BCUT2D eigenvalue weighted by Crippen LogP contribution is -2.29. The Morgan fingerprint density at radius 2 is 0.753 bits per heavy atom. The standard InChI is InChI=1S/C63H70O14/c1-45(2)61(66)76-43-51(64)41-72-33-31-68-27-29-70-35-37-74-59-25-23-49(39-55(59)47-15-7-5-8-16-47)63(57-21-13-11-19-53(57)54-20-12-14-22-58(54)63)50-24-26-60(56(40-50)48-17-9-6-10-18-48)75-38-36-71-30-28-69-32-34-73-42-52(65)44-77-62(67)46(3)4/h5-26,39-40,51-52,64-65H,1,3,27-38,41-44H2,2,4H3. The minimum absolute atomic E-state index is 0.0135. The minimum atomic E-state index is -0.939. The molecule has 0 heterocycles. The van der Waals surface area contributed by atoms with Crippen molar-refractivity contribution in [3.05, 3.63) is 192 Å². The molecule has 2 N–H and O–H groups in total. The Labute approximate surface area is 451 Å². The van der Waals surface area contributed by atoms with Crippen LogP contribution in [0.3, 0.4) is 0 Å². The fourth-order valence-corrected chi connectivity index (χ4v) is 8.91. The van der Waals surface area contributed by atoms with Crippen LogP contribution in [0.1, 0.15) is 36.1 Å². The molecule has 0 radical (unpaired) electrons. The largest absolute Gasteiger partial charge is 0.491 e. The van der Waals surface area contributed by atoms with E-state index >= 15 is 0 Å². The first kappa shape index (κ1) is 57.7. The molecule has 0 aliphatic heterocycles. The van der Waals surface area contributed by atoms with Gasteiger partial charge in [-0.1, -0.05) is 134 Å². The van der Waals surface area contributed by atoms with Crippen molar-refractivity contribution >= 4 is 11.9 Å². The average molecular weight is 1050 g/mol. The number of esters is 2. The normalized spacial score (nSPS) is 13.0. The molecule has 0 fully saturated rings. The summed E-state index contributed by atoms with van der Waals surface area (Å²) in [6.07, 6.45) is -1.88. The number of hydrogen-bond acceptors (Lipinski definition) is 14. The van der Waals surface area contributed by atoms with Gasteiger partial charge >= 0.3 is 11.9 Å². The van der Waals surface area contributed by atoms with Crippen LogP contribution < -0.4 is 9.47 Å². The molecule has 14 heteroatoms. The first-order chi connectivity index (χ1) is 37.6. The molecule has 0 aromatic heterocycles. The van der Waals surface area contributed by atoms with Gasteiger partial charge in [-0.2, -0.15) is 0 Å². The Morgan fingerprint density at radius 1 is 0.416 bits per heavy atom. The van der Waals surface area contributed by atoms with E-state index in [1.54, 1.807) is 13.8 Å². The second kappa shape index (κ2) is 30.1. The molecule has 14 nitrogen and oxygen atoms in total. The zero-order chi connectivity index (χ0) is 54.2. The van der Waals surface area contributed by atoms with Crippen LogP contribution in [0.4, 0.5) is 0 Å². The second-order valence-corrected chi connectivity index (χ2v) is 18.4. The molecule has 2 unspecified atom stereocenters. The molecule has 0 saturated carbocycles. The van der Waals surface area contributed by atoms with E-state index in [4.69, 9.17) is 47.4 Å². The van der Waals surface area contributed by atoms with Gasteiger partial charge in [0.2, 0.25) is 0 Å². The van der Waals surface area contributed by atoms with Crippen LogP contribution in [-0.4, -0.2) is 140 Å². The SMILES string of the molecule is C=C(C)C(=O)OCC(O)COCCOCCOCCOc1ccc(C2(c3ccc(OCCOCCOCCOCC(O)COC(=O)C(=C)C)c(-c4ccccc4)c3)c3ccccc3-c3ccccc32)cc1-c1ccccc1. The van der Waals surface area contributed by atoms with Crippen molar-refractivity contribution < 1.29 is 67.2 Å². The summed E-state index contributed by atoms with van der Waals surface area (Å²) in [6.45, 7) is 13.7. The number of carbonyl (C=O) groups is 2. The minimum Gasteiger partial charge on any atom is -0.491 e. The molecular formula is C63H70O14. The van der Waals surface area contributed by atoms with Gasteiger partial charge in [0.25, 0.3) is 0 Å². The van der Waals surface area contributed by atoms with E-state index in [9.17, 15) is 19.8 Å². The van der Waals surface area contributed by atoms with Gasteiger partial charge in [-0.3, -0.25) is 0 Å². The van der Waals surface area contributed by atoms with Gasteiger partial charge in [-0.05, 0) is 82.6 Å². The van der Waals surface area contributed by atoms with Crippen LogP contribution in [0.5, 0.6) is 11.5 Å². The van der Waals surface area contributed by atoms with Gasteiger partial charge in [0.05, 0.1) is 84.7 Å². The molecule has 77 heavy (non-hydrogen) atoms. The summed E-state index contributed by atoms with van der Waals surface area (Å²) in [4.78, 5) is 23.1. The third-order valence-electron chi connectivity index (χ3n) is 12.5. The summed E-state index contributed by atoms with van der Waals surface area (Å²) < 4.78 is 56.9. The van der Waals surface area contributed by atoms with Crippen molar-refractivity contribution in [3.8, 4) is 44.9 Å². The number of ether oxygens (including phenoxy) is 10. The highest BCUT2D eigenvalue weighted by Crippen LogP contribution is 2.57. The van der Waals surface area contributed by atoms with E-state index in [1.807, 2.05) is 36.4 Å². The molecular weight excluding hydrogens is 981 g/mol. The highest BCUT2D eigenvalue weighted by Gasteiger charge is 2.46. The average Bonchev–Trinajstić information content (AvgIpc) is 4.00. The first-order valence-electron chi connectivity index (χ1n) is 25.9. The molecule has 0 bridgehead atoms. The maximum atomic E-state index is 11.5. The quantitative estimate of drug-likeness (QED) is 0.0223. The number of rotatable bonds is 34. The number of benzene rings is 6. The van der Waals surface area contributed by atoms with Crippen molar-refractivity contribution in [2.45, 2.75) is 31.5 Å². The molecule has 406 valence electrons. The number of hydrogen-bond donors (Lipinski definition) is 2. The molecule has 6 aromatic rings. The summed E-state index contributed by atoms with van der Waals surface area (Å²) in [5, 5.41) is 20.0. The van der Waals surface area contributed by atoms with E-state index in [-0.39, 0.29) is 50.8 Å². The Bertz CT molecular complexity index is 2640. The van der Waals surface area contributed by atoms with Gasteiger partial charge in [0, 0.05) is 22.3 Å². The van der Waals surface area contributed by atoms with Crippen molar-refractivity contribution in [2.75, 3.05) is 106 Å². The number of carbonyl (C=O) groups excluding carboxylic acids is 2. The van der Waals surface area contributed by atoms with Gasteiger partial charge in [-0.25, -0.2) is 9.59 Å². The van der Waals surface area contributed by atoms with Crippen LogP contribution in [0.2, 0.25) is 0 Å².